The van der Waals surface area contributed by atoms with E-state index >= 15 is 0 Å². The minimum absolute atomic E-state index is 0. The van der Waals surface area contributed by atoms with Gasteiger partial charge in [0.25, 0.3) is 0 Å². The van der Waals surface area contributed by atoms with Crippen LogP contribution in [0.4, 0.5) is 0 Å². The third-order valence-electron chi connectivity index (χ3n) is 3.52. The van der Waals surface area contributed by atoms with Crippen LogP contribution in [0.5, 0.6) is 5.75 Å². The number of benzene rings is 1. The zero-order valence-electron chi connectivity index (χ0n) is 13.4. The Morgan fingerprint density at radius 3 is 2.45 bits per heavy atom. The van der Waals surface area contributed by atoms with Crippen LogP contribution in [0.15, 0.2) is 24.3 Å². The van der Waals surface area contributed by atoms with Gasteiger partial charge in [-0.1, -0.05) is 13.8 Å². The number of rotatable bonds is 7. The summed E-state index contributed by atoms with van der Waals surface area (Å²) in [6, 6.07) is 7.48. The maximum atomic E-state index is 12.2. The second kappa shape index (κ2) is 9.82. The molecule has 1 heterocycles. The van der Waals surface area contributed by atoms with Crippen LogP contribution in [0.2, 0.25) is 0 Å². The number of carbonyl (C=O) groups excluding carboxylic acids is 1. The first-order valence-electron chi connectivity index (χ1n) is 7.71. The van der Waals surface area contributed by atoms with Crippen LogP contribution in [-0.4, -0.2) is 50.1 Å². The maximum absolute atomic E-state index is 12.2. The van der Waals surface area contributed by atoms with Crippen molar-refractivity contribution in [1.82, 2.24) is 4.90 Å². The summed E-state index contributed by atoms with van der Waals surface area (Å²) in [4.78, 5) is 14.4. The van der Waals surface area contributed by atoms with E-state index in [-0.39, 0.29) is 18.2 Å². The smallest absolute Gasteiger partial charge is 0.164 e. The van der Waals surface area contributed by atoms with E-state index < -0.39 is 0 Å². The number of ether oxygens (including phenoxy) is 2. The normalized spacial score (nSPS) is 15.4. The third kappa shape index (κ3) is 6.34. The van der Waals surface area contributed by atoms with E-state index in [0.717, 1.165) is 44.2 Å². The molecule has 0 N–H and O–H groups in total. The number of hydrogen-bond donors (Lipinski definition) is 0. The topological polar surface area (TPSA) is 38.8 Å². The Balaban J connectivity index is 0.00000242. The van der Waals surface area contributed by atoms with Gasteiger partial charge in [0.2, 0.25) is 0 Å². The standard InChI is InChI=1S/C17H25NO3.ClH/c1-14(2)13-21-16-5-3-15(4-6-16)17(19)7-8-18-9-11-20-12-10-18;/h3-6,14H,7-13H2,1-2H3;1H. The number of Topliss-reactive ketones (excluding diaryl/α,β-unsaturated/α-hetero) is 1. The van der Waals surface area contributed by atoms with E-state index in [9.17, 15) is 4.79 Å². The molecule has 1 aromatic carbocycles. The molecule has 0 aromatic heterocycles. The summed E-state index contributed by atoms with van der Waals surface area (Å²) in [5, 5.41) is 0. The van der Waals surface area contributed by atoms with Gasteiger partial charge in [-0.25, -0.2) is 0 Å². The minimum atomic E-state index is 0. The fraction of sp³-hybridized carbons (Fsp3) is 0.588. The number of morpholine rings is 1. The van der Waals surface area contributed by atoms with E-state index in [1.54, 1.807) is 0 Å². The Labute approximate surface area is 139 Å². The van der Waals surface area contributed by atoms with E-state index in [4.69, 9.17) is 9.47 Å². The lowest BCUT2D eigenvalue weighted by Gasteiger charge is -2.26. The molecule has 1 aliphatic heterocycles. The Morgan fingerprint density at radius 2 is 1.86 bits per heavy atom. The number of ketones is 1. The molecule has 1 saturated heterocycles. The monoisotopic (exact) mass is 327 g/mol. The first-order chi connectivity index (χ1) is 10.1. The Kier molecular flexibility index (Phi) is 8.46. The van der Waals surface area contributed by atoms with Crippen molar-refractivity contribution in [1.29, 1.82) is 0 Å². The van der Waals surface area contributed by atoms with Crippen LogP contribution in [0, 0.1) is 5.92 Å². The fourth-order valence-corrected chi connectivity index (χ4v) is 2.23. The molecule has 0 saturated carbocycles. The SMILES string of the molecule is CC(C)COc1ccc(C(=O)CCN2CCOCC2)cc1.Cl. The van der Waals surface area contributed by atoms with Gasteiger partial charge >= 0.3 is 0 Å². The van der Waals surface area contributed by atoms with Gasteiger partial charge in [0.05, 0.1) is 19.8 Å². The minimum Gasteiger partial charge on any atom is -0.493 e. The van der Waals surface area contributed by atoms with Gasteiger partial charge in [0.1, 0.15) is 5.75 Å². The molecule has 22 heavy (non-hydrogen) atoms. The molecule has 2 rings (SSSR count). The second-order valence-electron chi connectivity index (χ2n) is 5.86. The lowest BCUT2D eigenvalue weighted by atomic mass is 10.1. The zero-order chi connectivity index (χ0) is 15.1. The molecule has 0 spiro atoms. The fourth-order valence-electron chi connectivity index (χ4n) is 2.23. The molecule has 4 nitrogen and oxygen atoms in total. The number of halogens is 1. The van der Waals surface area contributed by atoms with Gasteiger partial charge in [0, 0.05) is 31.6 Å². The molecule has 1 fully saturated rings. The molecule has 1 aliphatic rings. The molecular formula is C17H26ClNO3. The second-order valence-corrected chi connectivity index (χ2v) is 5.86. The third-order valence-corrected chi connectivity index (χ3v) is 3.52. The Hall–Kier alpha value is -1.10. The quantitative estimate of drug-likeness (QED) is 0.722. The van der Waals surface area contributed by atoms with Crippen LogP contribution < -0.4 is 4.74 Å². The van der Waals surface area contributed by atoms with E-state index in [2.05, 4.69) is 18.7 Å². The number of carbonyl (C=O) groups is 1. The number of hydrogen-bond acceptors (Lipinski definition) is 4. The summed E-state index contributed by atoms with van der Waals surface area (Å²) >= 11 is 0. The average Bonchev–Trinajstić information content (AvgIpc) is 2.52. The van der Waals surface area contributed by atoms with Crippen LogP contribution in [0.1, 0.15) is 30.6 Å². The molecule has 124 valence electrons. The molecule has 5 heteroatoms. The van der Waals surface area contributed by atoms with Crippen molar-refractivity contribution in [3.05, 3.63) is 29.8 Å². The van der Waals surface area contributed by atoms with Gasteiger partial charge in [-0.3, -0.25) is 9.69 Å². The van der Waals surface area contributed by atoms with Crippen molar-refractivity contribution >= 4 is 18.2 Å². The van der Waals surface area contributed by atoms with E-state index in [1.165, 1.54) is 0 Å². The van der Waals surface area contributed by atoms with E-state index in [1.807, 2.05) is 24.3 Å². The zero-order valence-corrected chi connectivity index (χ0v) is 14.2. The summed E-state index contributed by atoms with van der Waals surface area (Å²) in [6.45, 7) is 9.14. The highest BCUT2D eigenvalue weighted by molar-refractivity contribution is 5.96. The van der Waals surface area contributed by atoms with Crippen molar-refractivity contribution in [2.75, 3.05) is 39.5 Å². The predicted octanol–water partition coefficient (Wildman–Crippen LogP) is 3.05. The lowest BCUT2D eigenvalue weighted by Crippen LogP contribution is -2.37. The Morgan fingerprint density at radius 1 is 1.23 bits per heavy atom. The first-order valence-corrected chi connectivity index (χ1v) is 7.71. The molecule has 0 amide bonds. The van der Waals surface area contributed by atoms with Gasteiger partial charge in [-0.05, 0) is 30.2 Å². The molecule has 1 aromatic rings. The van der Waals surface area contributed by atoms with Crippen LogP contribution >= 0.6 is 12.4 Å². The number of nitrogens with zero attached hydrogens (tertiary/aromatic N) is 1. The van der Waals surface area contributed by atoms with Crippen LogP contribution in [0.3, 0.4) is 0 Å². The highest BCUT2D eigenvalue weighted by Gasteiger charge is 2.13. The highest BCUT2D eigenvalue weighted by atomic mass is 35.5. The maximum Gasteiger partial charge on any atom is 0.164 e. The van der Waals surface area contributed by atoms with Crippen LogP contribution in [-0.2, 0) is 4.74 Å². The largest absolute Gasteiger partial charge is 0.493 e. The lowest BCUT2D eigenvalue weighted by molar-refractivity contribution is 0.0370. The molecule has 0 atom stereocenters. The summed E-state index contributed by atoms with van der Waals surface area (Å²) in [6.07, 6.45) is 0.562. The molecule has 0 unspecified atom stereocenters. The summed E-state index contributed by atoms with van der Waals surface area (Å²) in [5.41, 5.74) is 0.764. The van der Waals surface area contributed by atoms with Crippen LogP contribution in [0.25, 0.3) is 0 Å². The van der Waals surface area contributed by atoms with Crippen molar-refractivity contribution in [2.45, 2.75) is 20.3 Å². The predicted molar refractivity (Wildman–Crippen MR) is 90.2 cm³/mol. The molecule has 0 radical (unpaired) electrons. The van der Waals surface area contributed by atoms with Crippen molar-refractivity contribution in [3.8, 4) is 5.75 Å². The van der Waals surface area contributed by atoms with Gasteiger partial charge in [-0.2, -0.15) is 0 Å². The van der Waals surface area contributed by atoms with Crippen molar-refractivity contribution < 1.29 is 14.3 Å². The molecular weight excluding hydrogens is 302 g/mol. The first kappa shape index (κ1) is 18.9. The van der Waals surface area contributed by atoms with E-state index in [0.29, 0.717) is 18.9 Å². The summed E-state index contributed by atoms with van der Waals surface area (Å²) < 4.78 is 10.9. The van der Waals surface area contributed by atoms with Gasteiger partial charge in [0.15, 0.2) is 5.78 Å². The van der Waals surface area contributed by atoms with Crippen molar-refractivity contribution in [2.24, 2.45) is 5.92 Å². The highest BCUT2D eigenvalue weighted by Crippen LogP contribution is 2.14. The molecule has 0 bridgehead atoms. The Bertz CT molecular complexity index is 442. The van der Waals surface area contributed by atoms with Gasteiger partial charge in [-0.15, -0.1) is 12.4 Å². The summed E-state index contributed by atoms with van der Waals surface area (Å²) in [7, 11) is 0. The summed E-state index contributed by atoms with van der Waals surface area (Å²) in [5.74, 6) is 1.52. The average molecular weight is 328 g/mol. The van der Waals surface area contributed by atoms with Crippen molar-refractivity contribution in [3.63, 3.8) is 0 Å². The van der Waals surface area contributed by atoms with Gasteiger partial charge < -0.3 is 9.47 Å². The molecule has 0 aliphatic carbocycles.